The average molecular weight is 314 g/mol. The first kappa shape index (κ1) is 15.6. The van der Waals surface area contributed by atoms with Gasteiger partial charge in [-0.05, 0) is 38.3 Å². The molecule has 1 aromatic carbocycles. The minimum Gasteiger partial charge on any atom is -0.507 e. The van der Waals surface area contributed by atoms with Gasteiger partial charge in [0.05, 0.1) is 5.56 Å². The Labute approximate surface area is 136 Å². The van der Waals surface area contributed by atoms with E-state index in [0.29, 0.717) is 26.1 Å². The number of aromatic hydroxyl groups is 1. The van der Waals surface area contributed by atoms with Gasteiger partial charge in [0, 0.05) is 19.6 Å². The lowest BCUT2D eigenvalue weighted by atomic mass is 10.1. The van der Waals surface area contributed by atoms with Crippen LogP contribution in [0.4, 0.5) is 0 Å². The molecule has 1 N–H and O–H groups in total. The van der Waals surface area contributed by atoms with E-state index in [4.69, 9.17) is 0 Å². The maximum absolute atomic E-state index is 12.8. The number of para-hydroxylation sites is 1. The molecule has 0 aliphatic carbocycles. The zero-order valence-electron chi connectivity index (χ0n) is 13.4. The lowest BCUT2D eigenvalue weighted by Gasteiger charge is -2.32. The molecular formula is C18H22N2O3. The van der Waals surface area contributed by atoms with Crippen LogP contribution in [0.15, 0.2) is 35.9 Å². The fraction of sp³-hybridized carbons (Fsp3) is 0.444. The third-order valence-electron chi connectivity index (χ3n) is 4.58. The number of benzene rings is 1. The largest absolute Gasteiger partial charge is 0.507 e. The minimum absolute atomic E-state index is 0.0266. The van der Waals surface area contributed by atoms with E-state index in [2.05, 4.69) is 6.08 Å². The number of hydrogen-bond acceptors (Lipinski definition) is 3. The molecule has 2 heterocycles. The molecule has 1 aromatic rings. The summed E-state index contributed by atoms with van der Waals surface area (Å²) in [6.45, 7) is 3.95. The molecule has 0 saturated carbocycles. The van der Waals surface area contributed by atoms with E-state index in [1.54, 1.807) is 23.1 Å². The van der Waals surface area contributed by atoms with E-state index < -0.39 is 6.04 Å². The summed E-state index contributed by atoms with van der Waals surface area (Å²) >= 11 is 0. The molecule has 2 amide bonds. The molecule has 5 nitrogen and oxygen atoms in total. The maximum atomic E-state index is 12.8. The number of likely N-dealkylation sites (tertiary alicyclic amines) is 1. The van der Waals surface area contributed by atoms with E-state index in [1.165, 1.54) is 11.6 Å². The predicted molar refractivity (Wildman–Crippen MR) is 87.1 cm³/mol. The van der Waals surface area contributed by atoms with Crippen molar-refractivity contribution in [3.05, 3.63) is 41.5 Å². The highest BCUT2D eigenvalue weighted by Gasteiger charge is 2.37. The zero-order valence-corrected chi connectivity index (χ0v) is 13.4. The summed E-state index contributed by atoms with van der Waals surface area (Å²) in [5.74, 6) is -0.269. The van der Waals surface area contributed by atoms with Crippen molar-refractivity contribution in [2.75, 3.05) is 19.6 Å². The van der Waals surface area contributed by atoms with Crippen molar-refractivity contribution < 1.29 is 14.7 Å². The third-order valence-corrected chi connectivity index (χ3v) is 4.58. The molecule has 23 heavy (non-hydrogen) atoms. The molecule has 0 unspecified atom stereocenters. The number of phenols is 1. The average Bonchev–Trinajstić information content (AvgIpc) is 3.03. The Morgan fingerprint density at radius 1 is 1.22 bits per heavy atom. The second kappa shape index (κ2) is 6.44. The maximum Gasteiger partial charge on any atom is 0.258 e. The molecule has 0 aromatic heterocycles. The van der Waals surface area contributed by atoms with E-state index in [1.807, 2.05) is 11.8 Å². The smallest absolute Gasteiger partial charge is 0.258 e. The third kappa shape index (κ3) is 3.09. The Hall–Kier alpha value is -2.30. The van der Waals surface area contributed by atoms with Crippen LogP contribution in [-0.2, 0) is 4.79 Å². The van der Waals surface area contributed by atoms with Crippen molar-refractivity contribution in [1.29, 1.82) is 0 Å². The highest BCUT2D eigenvalue weighted by atomic mass is 16.3. The first-order valence-electron chi connectivity index (χ1n) is 8.11. The van der Waals surface area contributed by atoms with Crippen LogP contribution in [0.1, 0.15) is 36.5 Å². The molecule has 2 aliphatic rings. The highest BCUT2D eigenvalue weighted by Crippen LogP contribution is 2.26. The predicted octanol–water partition coefficient (Wildman–Crippen LogP) is 2.18. The van der Waals surface area contributed by atoms with Crippen LogP contribution in [0.2, 0.25) is 0 Å². The molecule has 0 bridgehead atoms. The Balaban J connectivity index is 1.78. The topological polar surface area (TPSA) is 60.9 Å². The number of rotatable bonds is 2. The molecule has 5 heteroatoms. The van der Waals surface area contributed by atoms with Crippen molar-refractivity contribution in [3.63, 3.8) is 0 Å². The second-order valence-electron chi connectivity index (χ2n) is 6.27. The Kier molecular flexibility index (Phi) is 4.37. The van der Waals surface area contributed by atoms with Gasteiger partial charge in [-0.3, -0.25) is 9.59 Å². The van der Waals surface area contributed by atoms with Crippen molar-refractivity contribution in [1.82, 2.24) is 9.80 Å². The summed E-state index contributed by atoms with van der Waals surface area (Å²) in [5, 5.41) is 9.90. The lowest BCUT2D eigenvalue weighted by Crippen LogP contribution is -2.49. The molecular weight excluding hydrogens is 292 g/mol. The summed E-state index contributed by atoms with van der Waals surface area (Å²) in [6, 6.07) is 6.10. The van der Waals surface area contributed by atoms with Gasteiger partial charge in [-0.2, -0.15) is 0 Å². The fourth-order valence-electron chi connectivity index (χ4n) is 3.39. The van der Waals surface area contributed by atoms with Gasteiger partial charge in [0.15, 0.2) is 0 Å². The van der Waals surface area contributed by atoms with Gasteiger partial charge < -0.3 is 14.9 Å². The number of carbonyl (C=O) groups excluding carboxylic acids is 2. The van der Waals surface area contributed by atoms with E-state index >= 15 is 0 Å². The summed E-state index contributed by atoms with van der Waals surface area (Å²) < 4.78 is 0. The van der Waals surface area contributed by atoms with Crippen LogP contribution in [0.25, 0.3) is 0 Å². The summed E-state index contributed by atoms with van der Waals surface area (Å²) in [5.41, 5.74) is 1.46. The number of nitrogens with zero attached hydrogens (tertiary/aromatic N) is 2. The van der Waals surface area contributed by atoms with Gasteiger partial charge in [0.2, 0.25) is 5.91 Å². The van der Waals surface area contributed by atoms with Crippen LogP contribution in [0, 0.1) is 0 Å². The van der Waals surface area contributed by atoms with Crippen molar-refractivity contribution in [2.45, 2.75) is 32.2 Å². The van der Waals surface area contributed by atoms with Crippen LogP contribution < -0.4 is 0 Å². The van der Waals surface area contributed by atoms with Gasteiger partial charge in [0.1, 0.15) is 11.8 Å². The van der Waals surface area contributed by atoms with Crippen LogP contribution in [-0.4, -0.2) is 52.4 Å². The van der Waals surface area contributed by atoms with Gasteiger partial charge in [-0.15, -0.1) is 0 Å². The zero-order chi connectivity index (χ0) is 16.4. The first-order valence-corrected chi connectivity index (χ1v) is 8.11. The SMILES string of the molecule is CC1=CCCN(C(=O)[C@H]2CCCN2C(=O)c2ccccc2O)C1. The van der Waals surface area contributed by atoms with Crippen molar-refractivity contribution >= 4 is 11.8 Å². The van der Waals surface area contributed by atoms with Crippen LogP contribution in [0.5, 0.6) is 5.75 Å². The van der Waals surface area contributed by atoms with E-state index in [-0.39, 0.29) is 23.1 Å². The first-order chi connectivity index (χ1) is 11.1. The highest BCUT2D eigenvalue weighted by molar-refractivity contribution is 6.00. The number of phenolic OH excluding ortho intramolecular Hbond substituents is 1. The molecule has 1 saturated heterocycles. The van der Waals surface area contributed by atoms with Gasteiger partial charge in [0.25, 0.3) is 5.91 Å². The number of hydrogen-bond donors (Lipinski definition) is 1. The van der Waals surface area contributed by atoms with Crippen LogP contribution >= 0.6 is 0 Å². The van der Waals surface area contributed by atoms with E-state index in [9.17, 15) is 14.7 Å². The lowest BCUT2D eigenvalue weighted by molar-refractivity contribution is -0.135. The van der Waals surface area contributed by atoms with Crippen molar-refractivity contribution in [3.8, 4) is 5.75 Å². The molecule has 0 radical (unpaired) electrons. The standard InChI is InChI=1S/C18H22N2O3/c1-13-6-4-10-19(12-13)18(23)15-8-5-11-20(15)17(22)14-7-2-3-9-16(14)21/h2-3,6-7,9,15,21H,4-5,8,10-12H2,1H3/t15-/m1/s1. The monoisotopic (exact) mass is 314 g/mol. The van der Waals surface area contributed by atoms with Gasteiger partial charge >= 0.3 is 0 Å². The second-order valence-corrected chi connectivity index (χ2v) is 6.27. The molecule has 1 fully saturated rings. The number of carbonyl (C=O) groups is 2. The molecule has 0 spiro atoms. The summed E-state index contributed by atoms with van der Waals surface area (Å²) in [4.78, 5) is 29.0. The summed E-state index contributed by atoms with van der Waals surface area (Å²) in [6.07, 6.45) is 4.54. The quantitative estimate of drug-likeness (QED) is 0.851. The van der Waals surface area contributed by atoms with Gasteiger partial charge in [-0.25, -0.2) is 0 Å². The Morgan fingerprint density at radius 2 is 2.00 bits per heavy atom. The molecule has 1 atom stereocenters. The van der Waals surface area contributed by atoms with Crippen LogP contribution in [0.3, 0.4) is 0 Å². The fourth-order valence-corrected chi connectivity index (χ4v) is 3.39. The van der Waals surface area contributed by atoms with Gasteiger partial charge in [-0.1, -0.05) is 23.8 Å². The normalized spacial score (nSPS) is 21.3. The Bertz CT molecular complexity index is 653. The van der Waals surface area contributed by atoms with E-state index in [0.717, 1.165) is 12.8 Å². The molecule has 2 aliphatic heterocycles. The summed E-state index contributed by atoms with van der Waals surface area (Å²) in [7, 11) is 0. The minimum atomic E-state index is -0.409. The number of amides is 2. The van der Waals surface area contributed by atoms with Crippen molar-refractivity contribution in [2.24, 2.45) is 0 Å². The Morgan fingerprint density at radius 3 is 2.74 bits per heavy atom. The molecule has 122 valence electrons. The molecule has 3 rings (SSSR count).